The van der Waals surface area contributed by atoms with E-state index in [0.29, 0.717) is 28.5 Å². The Morgan fingerprint density at radius 1 is 1.16 bits per heavy atom. The lowest BCUT2D eigenvalue weighted by atomic mass is 10.1. The molecule has 1 atom stereocenters. The van der Waals surface area contributed by atoms with Gasteiger partial charge < -0.3 is 0 Å². The van der Waals surface area contributed by atoms with Crippen LogP contribution in [0.4, 0.5) is 5.13 Å². The number of carbonyl (C=O) groups excluding carboxylic acids is 1. The largest absolute Gasteiger partial charge is 0.298 e. The first-order valence-electron chi connectivity index (χ1n) is 10.3. The van der Waals surface area contributed by atoms with Gasteiger partial charge in [0.2, 0.25) is 10.0 Å². The number of sulfonamides is 1. The minimum absolute atomic E-state index is 0.0214. The van der Waals surface area contributed by atoms with Crippen LogP contribution in [0.25, 0.3) is 11.3 Å². The second-order valence-corrected chi connectivity index (χ2v) is 10.4. The molecule has 1 fully saturated rings. The summed E-state index contributed by atoms with van der Waals surface area (Å²) in [5.41, 5.74) is 2.47. The predicted octanol–water partition coefficient (Wildman–Crippen LogP) is 4.50. The molecule has 7 nitrogen and oxygen atoms in total. The predicted molar refractivity (Wildman–Crippen MR) is 124 cm³/mol. The second kappa shape index (κ2) is 9.20. The van der Waals surface area contributed by atoms with Gasteiger partial charge in [0, 0.05) is 29.1 Å². The highest BCUT2D eigenvalue weighted by molar-refractivity contribution is 7.89. The molecule has 0 aliphatic carbocycles. The van der Waals surface area contributed by atoms with Crippen molar-refractivity contribution in [3.63, 3.8) is 0 Å². The Morgan fingerprint density at radius 2 is 1.88 bits per heavy atom. The molecule has 9 heteroatoms. The van der Waals surface area contributed by atoms with Gasteiger partial charge in [-0.2, -0.15) is 9.57 Å². The van der Waals surface area contributed by atoms with Gasteiger partial charge >= 0.3 is 0 Å². The van der Waals surface area contributed by atoms with Crippen LogP contribution < -0.4 is 5.32 Å². The fraction of sp³-hybridized carbons (Fsp3) is 0.261. The fourth-order valence-corrected chi connectivity index (χ4v) is 6.11. The first-order valence-corrected chi connectivity index (χ1v) is 12.6. The number of nitrogens with zero attached hydrogens (tertiary/aromatic N) is 3. The number of nitrogens with one attached hydrogen (secondary N) is 1. The summed E-state index contributed by atoms with van der Waals surface area (Å²) < 4.78 is 27.4. The van der Waals surface area contributed by atoms with Gasteiger partial charge in [0.05, 0.1) is 22.2 Å². The van der Waals surface area contributed by atoms with Gasteiger partial charge in [0.15, 0.2) is 5.13 Å². The maximum atomic E-state index is 12.9. The maximum Gasteiger partial charge on any atom is 0.257 e. The van der Waals surface area contributed by atoms with Gasteiger partial charge in [0.25, 0.3) is 5.91 Å². The first kappa shape index (κ1) is 22.1. The average molecular weight is 467 g/mol. The molecule has 2 heterocycles. The van der Waals surface area contributed by atoms with Gasteiger partial charge in [0.1, 0.15) is 0 Å². The lowest BCUT2D eigenvalue weighted by molar-refractivity contribution is 0.102. The first-order chi connectivity index (χ1) is 15.4. The fourth-order valence-electron chi connectivity index (χ4n) is 3.69. The molecule has 2 aromatic carbocycles. The molecule has 0 bridgehead atoms. The molecule has 3 aromatic rings. The number of anilines is 1. The van der Waals surface area contributed by atoms with Gasteiger partial charge in [-0.05, 0) is 56.2 Å². The smallest absolute Gasteiger partial charge is 0.257 e. The highest BCUT2D eigenvalue weighted by atomic mass is 32.2. The number of carbonyl (C=O) groups is 1. The second-order valence-electron chi connectivity index (χ2n) is 7.67. The molecular weight excluding hydrogens is 444 g/mol. The Kier molecular flexibility index (Phi) is 6.37. The number of benzene rings is 2. The van der Waals surface area contributed by atoms with Gasteiger partial charge in [-0.3, -0.25) is 10.1 Å². The van der Waals surface area contributed by atoms with Crippen LogP contribution in [-0.4, -0.2) is 36.2 Å². The van der Waals surface area contributed by atoms with Gasteiger partial charge in [-0.1, -0.05) is 18.6 Å². The summed E-state index contributed by atoms with van der Waals surface area (Å²) in [4.78, 5) is 17.2. The summed E-state index contributed by atoms with van der Waals surface area (Å²) in [6.45, 7) is 2.45. The number of rotatable bonds is 5. The average Bonchev–Trinajstić information content (AvgIpc) is 3.28. The Morgan fingerprint density at radius 3 is 2.53 bits per heavy atom. The molecule has 1 N–H and O–H groups in total. The quantitative estimate of drug-likeness (QED) is 0.596. The molecule has 1 amide bonds. The molecular formula is C23H22N4O3S2. The van der Waals surface area contributed by atoms with E-state index in [2.05, 4.69) is 16.4 Å². The maximum absolute atomic E-state index is 12.9. The number of amides is 1. The topological polar surface area (TPSA) is 103 Å². The molecule has 0 radical (unpaired) electrons. The number of thiazole rings is 1. The summed E-state index contributed by atoms with van der Waals surface area (Å²) in [7, 11) is -3.57. The van der Waals surface area contributed by atoms with Crippen molar-refractivity contribution in [1.29, 1.82) is 5.26 Å². The van der Waals surface area contributed by atoms with Crippen molar-refractivity contribution in [3.8, 4) is 17.3 Å². The van der Waals surface area contributed by atoms with E-state index >= 15 is 0 Å². The molecule has 0 spiro atoms. The Hall–Kier alpha value is -3.06. The zero-order valence-corrected chi connectivity index (χ0v) is 19.1. The van der Waals surface area contributed by atoms with Crippen molar-refractivity contribution < 1.29 is 13.2 Å². The van der Waals surface area contributed by atoms with Crippen molar-refractivity contribution >= 4 is 32.4 Å². The van der Waals surface area contributed by atoms with Crippen molar-refractivity contribution in [2.45, 2.75) is 37.1 Å². The van der Waals surface area contributed by atoms with E-state index in [9.17, 15) is 13.2 Å². The standard InChI is InChI=1S/C23H22N4O3S2/c1-16-4-2-3-13-27(16)32(29,30)20-11-9-19(10-12-20)22(28)26-23-25-21(15-31-23)18-7-5-17(14-24)6-8-18/h5-12,15-16H,2-4,13H2,1H3,(H,25,26,28)/t16-/m1/s1. The SMILES string of the molecule is C[C@@H]1CCCCN1S(=O)(=O)c1ccc(C(=O)Nc2nc(-c3ccc(C#N)cc3)cs2)cc1. The van der Waals surface area contributed by atoms with Crippen LogP contribution in [0.1, 0.15) is 42.1 Å². The van der Waals surface area contributed by atoms with Gasteiger partial charge in [-0.25, -0.2) is 13.4 Å². The van der Waals surface area contributed by atoms with E-state index in [0.717, 1.165) is 24.8 Å². The molecule has 0 unspecified atom stereocenters. The summed E-state index contributed by atoms with van der Waals surface area (Å²) in [6.07, 6.45) is 2.76. The van der Waals surface area contributed by atoms with Crippen molar-refractivity contribution in [2.75, 3.05) is 11.9 Å². The summed E-state index contributed by atoms with van der Waals surface area (Å²) >= 11 is 1.29. The number of hydrogen-bond acceptors (Lipinski definition) is 6. The Bertz CT molecular complexity index is 1260. The molecule has 1 saturated heterocycles. The van der Waals surface area contributed by atoms with Crippen LogP contribution in [0.3, 0.4) is 0 Å². The van der Waals surface area contributed by atoms with E-state index in [-0.39, 0.29) is 16.8 Å². The zero-order valence-electron chi connectivity index (χ0n) is 17.5. The third kappa shape index (κ3) is 4.58. The minimum Gasteiger partial charge on any atom is -0.298 e. The summed E-state index contributed by atoms with van der Waals surface area (Å²) in [6, 6.07) is 15.1. The lowest BCUT2D eigenvalue weighted by Crippen LogP contribution is -2.41. The highest BCUT2D eigenvalue weighted by Gasteiger charge is 2.30. The van der Waals surface area contributed by atoms with E-state index in [1.165, 1.54) is 35.6 Å². The number of piperidine rings is 1. The number of aromatic nitrogens is 1. The highest BCUT2D eigenvalue weighted by Crippen LogP contribution is 2.27. The zero-order chi connectivity index (χ0) is 22.7. The van der Waals surface area contributed by atoms with Crippen LogP contribution in [0.15, 0.2) is 58.8 Å². The van der Waals surface area contributed by atoms with Crippen LogP contribution in [0.5, 0.6) is 0 Å². The minimum atomic E-state index is -3.57. The van der Waals surface area contributed by atoms with Crippen LogP contribution >= 0.6 is 11.3 Å². The molecule has 164 valence electrons. The van der Waals surface area contributed by atoms with Crippen molar-refractivity contribution in [1.82, 2.24) is 9.29 Å². The number of nitriles is 1. The van der Waals surface area contributed by atoms with E-state index in [1.807, 2.05) is 24.4 Å². The molecule has 1 aliphatic rings. The van der Waals surface area contributed by atoms with Crippen molar-refractivity contribution in [3.05, 3.63) is 65.0 Å². The van der Waals surface area contributed by atoms with E-state index < -0.39 is 10.0 Å². The third-order valence-electron chi connectivity index (χ3n) is 5.50. The van der Waals surface area contributed by atoms with Gasteiger partial charge in [-0.15, -0.1) is 11.3 Å². The van der Waals surface area contributed by atoms with E-state index in [1.54, 1.807) is 16.4 Å². The molecule has 1 aromatic heterocycles. The normalized spacial score (nSPS) is 16.9. The Labute approximate surface area is 191 Å². The molecule has 0 saturated carbocycles. The van der Waals surface area contributed by atoms with Crippen LogP contribution in [0.2, 0.25) is 0 Å². The lowest BCUT2D eigenvalue weighted by Gasteiger charge is -2.32. The monoisotopic (exact) mass is 466 g/mol. The molecule has 4 rings (SSSR count). The molecule has 32 heavy (non-hydrogen) atoms. The third-order valence-corrected chi connectivity index (χ3v) is 8.29. The number of hydrogen-bond donors (Lipinski definition) is 1. The summed E-state index contributed by atoms with van der Waals surface area (Å²) in [5, 5.41) is 13.9. The van der Waals surface area contributed by atoms with Crippen LogP contribution in [-0.2, 0) is 10.0 Å². The molecule has 1 aliphatic heterocycles. The summed E-state index contributed by atoms with van der Waals surface area (Å²) in [5.74, 6) is -0.360. The Balaban J connectivity index is 1.45. The van der Waals surface area contributed by atoms with Crippen molar-refractivity contribution in [2.24, 2.45) is 0 Å². The van der Waals surface area contributed by atoms with Crippen LogP contribution in [0, 0.1) is 11.3 Å². The van der Waals surface area contributed by atoms with E-state index in [4.69, 9.17) is 5.26 Å².